The normalized spacial score (nSPS) is 18.3. The Balaban J connectivity index is 1.80. The summed E-state index contributed by atoms with van der Waals surface area (Å²) in [5.74, 6) is 1.21. The summed E-state index contributed by atoms with van der Waals surface area (Å²) in [4.78, 5) is 18.1. The molecule has 1 N–H and O–H groups in total. The number of rotatable bonds is 3. The highest BCUT2D eigenvalue weighted by Gasteiger charge is 2.25. The first-order chi connectivity index (χ1) is 10.7. The summed E-state index contributed by atoms with van der Waals surface area (Å²) in [6.07, 6.45) is 5.63. The van der Waals surface area contributed by atoms with E-state index in [1.54, 1.807) is 19.6 Å². The molecule has 1 unspecified atom stereocenters. The average molecular weight is 300 g/mol. The average Bonchev–Trinajstić information content (AvgIpc) is 3.00. The van der Waals surface area contributed by atoms with Gasteiger partial charge in [-0.05, 0) is 25.0 Å². The molecule has 116 valence electrons. The summed E-state index contributed by atoms with van der Waals surface area (Å²) in [5, 5.41) is 10.8. The predicted molar refractivity (Wildman–Crippen MR) is 82.8 cm³/mol. The van der Waals surface area contributed by atoms with E-state index in [-0.39, 0.29) is 5.91 Å². The zero-order valence-electron chi connectivity index (χ0n) is 12.9. The number of amides is 1. The van der Waals surface area contributed by atoms with Gasteiger partial charge in [-0.25, -0.2) is 0 Å². The lowest BCUT2D eigenvalue weighted by Crippen LogP contribution is -2.35. The third-order valence-corrected chi connectivity index (χ3v) is 4.10. The summed E-state index contributed by atoms with van der Waals surface area (Å²) in [5.41, 5.74) is 1.47. The molecule has 1 aliphatic rings. The number of hydrogen-bond acceptors (Lipinski definition) is 5. The Morgan fingerprint density at radius 3 is 3.05 bits per heavy atom. The summed E-state index contributed by atoms with van der Waals surface area (Å²) >= 11 is 0. The quantitative estimate of drug-likeness (QED) is 0.913. The van der Waals surface area contributed by atoms with Crippen LogP contribution in [0.4, 0.5) is 5.69 Å². The molecule has 7 nitrogen and oxygen atoms in total. The first-order valence-electron chi connectivity index (χ1n) is 7.46. The second-order valence-electron chi connectivity index (χ2n) is 5.56. The van der Waals surface area contributed by atoms with Crippen LogP contribution >= 0.6 is 0 Å². The van der Waals surface area contributed by atoms with Gasteiger partial charge in [0.1, 0.15) is 17.8 Å². The van der Waals surface area contributed by atoms with Crippen LogP contribution in [-0.4, -0.2) is 45.8 Å². The van der Waals surface area contributed by atoms with Crippen molar-refractivity contribution in [3.05, 3.63) is 36.2 Å². The van der Waals surface area contributed by atoms with Crippen LogP contribution in [0.5, 0.6) is 0 Å². The fourth-order valence-corrected chi connectivity index (χ4v) is 2.95. The fourth-order valence-electron chi connectivity index (χ4n) is 2.95. The number of nitrogens with zero attached hydrogens (tertiary/aromatic N) is 5. The molecule has 0 bridgehead atoms. The van der Waals surface area contributed by atoms with E-state index in [4.69, 9.17) is 0 Å². The number of aromatic nitrogens is 4. The lowest BCUT2D eigenvalue weighted by molar-refractivity contribution is 0.0958. The standard InChI is InChI=1S/C15H20N6O/c1-16-15(22)13-8-12(5-6-17-13)21-7-3-4-11(9-21)14-19-18-10-20(14)2/h5-6,8,10-11H,3-4,7,9H2,1-2H3,(H,16,22). The molecule has 22 heavy (non-hydrogen) atoms. The van der Waals surface area contributed by atoms with Gasteiger partial charge in [-0.2, -0.15) is 0 Å². The van der Waals surface area contributed by atoms with E-state index in [1.165, 1.54) is 0 Å². The van der Waals surface area contributed by atoms with E-state index in [9.17, 15) is 4.79 Å². The van der Waals surface area contributed by atoms with Crippen LogP contribution in [0.15, 0.2) is 24.7 Å². The maximum absolute atomic E-state index is 11.7. The molecule has 1 fully saturated rings. The number of aryl methyl sites for hydroxylation is 1. The van der Waals surface area contributed by atoms with Crippen LogP contribution < -0.4 is 10.2 Å². The lowest BCUT2D eigenvalue weighted by atomic mass is 9.96. The van der Waals surface area contributed by atoms with E-state index in [1.807, 2.05) is 23.7 Å². The molecule has 2 aromatic rings. The predicted octanol–water partition coefficient (Wildman–Crippen LogP) is 0.954. The van der Waals surface area contributed by atoms with Crippen molar-refractivity contribution in [2.75, 3.05) is 25.0 Å². The smallest absolute Gasteiger partial charge is 0.269 e. The van der Waals surface area contributed by atoms with Gasteiger partial charge in [0.2, 0.25) is 0 Å². The SMILES string of the molecule is CNC(=O)c1cc(N2CCCC(c3nncn3C)C2)ccn1. The van der Waals surface area contributed by atoms with Gasteiger partial charge in [0.15, 0.2) is 0 Å². The number of carbonyl (C=O) groups is 1. The second kappa shape index (κ2) is 6.13. The monoisotopic (exact) mass is 300 g/mol. The molecule has 3 rings (SSSR count). The topological polar surface area (TPSA) is 75.9 Å². The summed E-state index contributed by atoms with van der Waals surface area (Å²) < 4.78 is 1.98. The van der Waals surface area contributed by atoms with Gasteiger partial charge in [-0.15, -0.1) is 10.2 Å². The Kier molecular flexibility index (Phi) is 4.04. The largest absolute Gasteiger partial charge is 0.371 e. The van der Waals surface area contributed by atoms with Gasteiger partial charge in [-0.3, -0.25) is 9.78 Å². The van der Waals surface area contributed by atoms with E-state index in [0.29, 0.717) is 11.6 Å². The third-order valence-electron chi connectivity index (χ3n) is 4.10. The van der Waals surface area contributed by atoms with Gasteiger partial charge in [0, 0.05) is 45.0 Å². The van der Waals surface area contributed by atoms with Crippen molar-refractivity contribution >= 4 is 11.6 Å². The highest BCUT2D eigenvalue weighted by molar-refractivity contribution is 5.92. The Bertz CT molecular complexity index is 668. The summed E-state index contributed by atoms with van der Waals surface area (Å²) in [6.45, 7) is 1.86. The van der Waals surface area contributed by atoms with Gasteiger partial charge < -0.3 is 14.8 Å². The van der Waals surface area contributed by atoms with Crippen molar-refractivity contribution in [2.24, 2.45) is 7.05 Å². The number of hydrogen-bond donors (Lipinski definition) is 1. The van der Waals surface area contributed by atoms with Crippen molar-refractivity contribution in [3.63, 3.8) is 0 Å². The Morgan fingerprint density at radius 2 is 2.32 bits per heavy atom. The highest BCUT2D eigenvalue weighted by atomic mass is 16.1. The minimum Gasteiger partial charge on any atom is -0.371 e. The maximum atomic E-state index is 11.7. The van der Waals surface area contributed by atoms with E-state index in [0.717, 1.165) is 37.4 Å². The lowest BCUT2D eigenvalue weighted by Gasteiger charge is -2.33. The van der Waals surface area contributed by atoms with Crippen LogP contribution in [0.25, 0.3) is 0 Å². The van der Waals surface area contributed by atoms with Gasteiger partial charge in [0.05, 0.1) is 0 Å². The summed E-state index contributed by atoms with van der Waals surface area (Å²) in [7, 11) is 3.59. The summed E-state index contributed by atoms with van der Waals surface area (Å²) in [6, 6.07) is 3.80. The number of anilines is 1. The molecule has 0 aliphatic carbocycles. The molecule has 3 heterocycles. The maximum Gasteiger partial charge on any atom is 0.269 e. The van der Waals surface area contributed by atoms with Crippen LogP contribution in [-0.2, 0) is 7.05 Å². The first-order valence-corrected chi connectivity index (χ1v) is 7.46. The molecule has 7 heteroatoms. The molecule has 1 amide bonds. The molecule has 0 aromatic carbocycles. The number of nitrogens with one attached hydrogen (secondary N) is 1. The molecule has 1 aliphatic heterocycles. The molecular weight excluding hydrogens is 280 g/mol. The second-order valence-corrected chi connectivity index (χ2v) is 5.56. The van der Waals surface area contributed by atoms with E-state index < -0.39 is 0 Å². The fraction of sp³-hybridized carbons (Fsp3) is 0.467. The Labute approximate surface area is 129 Å². The van der Waals surface area contributed by atoms with Crippen LogP contribution in [0.2, 0.25) is 0 Å². The van der Waals surface area contributed by atoms with Gasteiger partial charge in [0.25, 0.3) is 5.91 Å². The minimum atomic E-state index is -0.163. The van der Waals surface area contributed by atoms with Crippen LogP contribution in [0.3, 0.4) is 0 Å². The van der Waals surface area contributed by atoms with Crippen molar-refractivity contribution in [2.45, 2.75) is 18.8 Å². The van der Waals surface area contributed by atoms with E-state index in [2.05, 4.69) is 25.4 Å². The van der Waals surface area contributed by atoms with Crippen molar-refractivity contribution < 1.29 is 4.79 Å². The zero-order valence-corrected chi connectivity index (χ0v) is 12.9. The number of pyridine rings is 1. The van der Waals surface area contributed by atoms with Crippen LogP contribution in [0.1, 0.15) is 35.1 Å². The molecule has 2 aromatic heterocycles. The Hall–Kier alpha value is -2.44. The van der Waals surface area contributed by atoms with E-state index >= 15 is 0 Å². The van der Waals surface area contributed by atoms with Crippen molar-refractivity contribution in [1.29, 1.82) is 0 Å². The van der Waals surface area contributed by atoms with Crippen molar-refractivity contribution in [1.82, 2.24) is 25.1 Å². The molecular formula is C15H20N6O. The molecule has 0 radical (unpaired) electrons. The molecule has 0 saturated carbocycles. The molecule has 1 saturated heterocycles. The highest BCUT2D eigenvalue weighted by Crippen LogP contribution is 2.28. The number of carbonyl (C=O) groups excluding carboxylic acids is 1. The van der Waals surface area contributed by atoms with Gasteiger partial charge in [-0.1, -0.05) is 0 Å². The first kappa shape index (κ1) is 14.5. The third kappa shape index (κ3) is 2.79. The van der Waals surface area contributed by atoms with Crippen molar-refractivity contribution in [3.8, 4) is 0 Å². The molecule has 0 spiro atoms. The number of piperidine rings is 1. The molecule has 1 atom stereocenters. The van der Waals surface area contributed by atoms with Gasteiger partial charge >= 0.3 is 0 Å². The zero-order chi connectivity index (χ0) is 15.5. The Morgan fingerprint density at radius 1 is 1.45 bits per heavy atom. The minimum absolute atomic E-state index is 0.163. The van der Waals surface area contributed by atoms with Crippen LogP contribution in [0, 0.1) is 0 Å².